The lowest BCUT2D eigenvalue weighted by Gasteiger charge is -2.31. The first-order chi connectivity index (χ1) is 7.15. The van der Waals surface area contributed by atoms with Crippen LogP contribution in [0, 0.1) is 5.41 Å². The maximum absolute atomic E-state index is 11.2. The zero-order valence-corrected chi connectivity index (χ0v) is 10.5. The van der Waals surface area contributed by atoms with Crippen molar-refractivity contribution >= 4 is 6.29 Å². The smallest absolute Gasteiger partial charge is 0.127 e. The molecular formula is C13H25NO. The highest BCUT2D eigenvalue weighted by molar-refractivity contribution is 5.59. The molecule has 0 aromatic heterocycles. The molecule has 2 heteroatoms. The maximum Gasteiger partial charge on any atom is 0.127 e. The number of aldehydes is 1. The molecule has 1 atom stereocenters. The van der Waals surface area contributed by atoms with Gasteiger partial charge in [0.15, 0.2) is 0 Å². The van der Waals surface area contributed by atoms with E-state index in [0.29, 0.717) is 0 Å². The van der Waals surface area contributed by atoms with Crippen LogP contribution in [0.2, 0.25) is 0 Å². The van der Waals surface area contributed by atoms with Crippen molar-refractivity contribution in [2.75, 3.05) is 13.1 Å². The summed E-state index contributed by atoms with van der Waals surface area (Å²) < 4.78 is 0. The molecule has 15 heavy (non-hydrogen) atoms. The fourth-order valence-electron chi connectivity index (χ4n) is 2.33. The standard InChI is InChI=1S/C13H25NO/c1-4-8-13(3,11-15)10-14(9-5-2)12-6-7-12/h11-12H,4-10H2,1-3H3. The van der Waals surface area contributed by atoms with E-state index in [0.717, 1.165) is 32.0 Å². The summed E-state index contributed by atoms with van der Waals surface area (Å²) in [5.41, 5.74) is -0.119. The lowest BCUT2D eigenvalue weighted by atomic mass is 9.86. The van der Waals surface area contributed by atoms with E-state index in [1.165, 1.54) is 25.5 Å². The van der Waals surface area contributed by atoms with E-state index < -0.39 is 0 Å². The molecule has 2 nitrogen and oxygen atoms in total. The highest BCUT2D eigenvalue weighted by Gasteiger charge is 2.33. The van der Waals surface area contributed by atoms with Crippen molar-refractivity contribution in [1.82, 2.24) is 4.90 Å². The van der Waals surface area contributed by atoms with Gasteiger partial charge < -0.3 is 4.79 Å². The summed E-state index contributed by atoms with van der Waals surface area (Å²) in [7, 11) is 0. The summed E-state index contributed by atoms with van der Waals surface area (Å²) in [6.07, 6.45) is 7.14. The third-order valence-electron chi connectivity index (χ3n) is 3.24. The van der Waals surface area contributed by atoms with Crippen LogP contribution in [0.25, 0.3) is 0 Å². The van der Waals surface area contributed by atoms with Gasteiger partial charge in [0.1, 0.15) is 6.29 Å². The summed E-state index contributed by atoms with van der Waals surface area (Å²) in [5, 5.41) is 0. The van der Waals surface area contributed by atoms with Gasteiger partial charge in [0, 0.05) is 18.0 Å². The average Bonchev–Trinajstić information content (AvgIpc) is 3.01. The Balaban J connectivity index is 2.49. The summed E-state index contributed by atoms with van der Waals surface area (Å²) in [4.78, 5) is 13.7. The predicted octanol–water partition coefficient (Wildman–Crippen LogP) is 2.87. The average molecular weight is 211 g/mol. The molecule has 0 heterocycles. The monoisotopic (exact) mass is 211 g/mol. The van der Waals surface area contributed by atoms with Gasteiger partial charge in [-0.15, -0.1) is 0 Å². The first-order valence-corrected chi connectivity index (χ1v) is 6.35. The van der Waals surface area contributed by atoms with Crippen LogP contribution >= 0.6 is 0 Å². The number of nitrogens with zero attached hydrogens (tertiary/aromatic N) is 1. The Hall–Kier alpha value is -0.370. The van der Waals surface area contributed by atoms with Crippen LogP contribution in [0.15, 0.2) is 0 Å². The van der Waals surface area contributed by atoms with Gasteiger partial charge in [-0.25, -0.2) is 0 Å². The quantitative estimate of drug-likeness (QED) is 0.575. The molecule has 0 amide bonds. The molecule has 88 valence electrons. The maximum atomic E-state index is 11.2. The van der Waals surface area contributed by atoms with E-state index in [4.69, 9.17) is 0 Å². The first kappa shape index (κ1) is 12.7. The van der Waals surface area contributed by atoms with Gasteiger partial charge in [-0.05, 0) is 32.2 Å². The van der Waals surface area contributed by atoms with E-state index in [9.17, 15) is 4.79 Å². The van der Waals surface area contributed by atoms with E-state index in [1.807, 2.05) is 0 Å². The number of carbonyl (C=O) groups excluding carboxylic acids is 1. The van der Waals surface area contributed by atoms with Crippen molar-refractivity contribution < 1.29 is 4.79 Å². The minimum Gasteiger partial charge on any atom is -0.303 e. The second-order valence-electron chi connectivity index (χ2n) is 5.22. The molecular weight excluding hydrogens is 186 g/mol. The van der Waals surface area contributed by atoms with Crippen LogP contribution in [0.4, 0.5) is 0 Å². The molecule has 1 rings (SSSR count). The Labute approximate surface area is 94.0 Å². The van der Waals surface area contributed by atoms with E-state index >= 15 is 0 Å². The molecule has 1 unspecified atom stereocenters. The second kappa shape index (κ2) is 5.64. The van der Waals surface area contributed by atoms with Crippen molar-refractivity contribution in [3.05, 3.63) is 0 Å². The molecule has 0 aromatic carbocycles. The molecule has 0 bridgehead atoms. The highest BCUT2D eigenvalue weighted by atomic mass is 16.1. The second-order valence-corrected chi connectivity index (χ2v) is 5.22. The van der Waals surface area contributed by atoms with Crippen molar-refractivity contribution in [2.24, 2.45) is 5.41 Å². The van der Waals surface area contributed by atoms with Gasteiger partial charge in [0.05, 0.1) is 0 Å². The third-order valence-corrected chi connectivity index (χ3v) is 3.24. The molecule has 1 saturated carbocycles. The van der Waals surface area contributed by atoms with Crippen molar-refractivity contribution in [1.29, 1.82) is 0 Å². The van der Waals surface area contributed by atoms with E-state index in [2.05, 4.69) is 25.7 Å². The van der Waals surface area contributed by atoms with Gasteiger partial charge in [0.2, 0.25) is 0 Å². The lowest BCUT2D eigenvalue weighted by molar-refractivity contribution is -0.116. The molecule has 0 saturated heterocycles. The van der Waals surface area contributed by atoms with Gasteiger partial charge in [0.25, 0.3) is 0 Å². The highest BCUT2D eigenvalue weighted by Crippen LogP contribution is 2.31. The van der Waals surface area contributed by atoms with Crippen LogP contribution in [0.1, 0.15) is 52.9 Å². The first-order valence-electron chi connectivity index (χ1n) is 6.35. The minimum atomic E-state index is -0.119. The zero-order chi connectivity index (χ0) is 11.3. The number of carbonyl (C=O) groups is 1. The van der Waals surface area contributed by atoms with Crippen molar-refractivity contribution in [3.63, 3.8) is 0 Å². The van der Waals surface area contributed by atoms with Gasteiger partial charge in [-0.3, -0.25) is 4.90 Å². The van der Waals surface area contributed by atoms with Crippen LogP contribution in [-0.2, 0) is 4.79 Å². The Kier molecular flexibility index (Phi) is 4.78. The summed E-state index contributed by atoms with van der Waals surface area (Å²) in [5.74, 6) is 0. The zero-order valence-electron chi connectivity index (χ0n) is 10.5. The Morgan fingerprint density at radius 2 is 2.00 bits per heavy atom. The van der Waals surface area contributed by atoms with Gasteiger partial charge >= 0.3 is 0 Å². The fraction of sp³-hybridized carbons (Fsp3) is 0.923. The normalized spacial score (nSPS) is 20.3. The van der Waals surface area contributed by atoms with Crippen molar-refractivity contribution in [2.45, 2.75) is 58.9 Å². The van der Waals surface area contributed by atoms with Crippen LogP contribution in [-0.4, -0.2) is 30.3 Å². The van der Waals surface area contributed by atoms with Crippen LogP contribution in [0.3, 0.4) is 0 Å². The number of rotatable bonds is 8. The Bertz CT molecular complexity index is 201. The molecule has 0 aromatic rings. The molecule has 1 aliphatic rings. The van der Waals surface area contributed by atoms with E-state index in [-0.39, 0.29) is 5.41 Å². The largest absolute Gasteiger partial charge is 0.303 e. The van der Waals surface area contributed by atoms with Crippen LogP contribution < -0.4 is 0 Å². The number of hydrogen-bond donors (Lipinski definition) is 0. The van der Waals surface area contributed by atoms with Crippen molar-refractivity contribution in [3.8, 4) is 0 Å². The summed E-state index contributed by atoms with van der Waals surface area (Å²) in [6, 6.07) is 0.779. The predicted molar refractivity (Wildman–Crippen MR) is 64.0 cm³/mol. The van der Waals surface area contributed by atoms with Gasteiger partial charge in [-0.2, -0.15) is 0 Å². The fourth-order valence-corrected chi connectivity index (χ4v) is 2.33. The molecule has 1 aliphatic carbocycles. The number of hydrogen-bond acceptors (Lipinski definition) is 2. The summed E-state index contributed by atoms with van der Waals surface area (Å²) in [6.45, 7) is 8.59. The molecule has 0 radical (unpaired) electrons. The molecule has 0 aliphatic heterocycles. The Morgan fingerprint density at radius 3 is 2.40 bits per heavy atom. The molecule has 1 fully saturated rings. The summed E-state index contributed by atoms with van der Waals surface area (Å²) >= 11 is 0. The van der Waals surface area contributed by atoms with E-state index in [1.54, 1.807) is 0 Å². The lowest BCUT2D eigenvalue weighted by Crippen LogP contribution is -2.38. The molecule has 0 N–H and O–H groups in total. The topological polar surface area (TPSA) is 20.3 Å². The Morgan fingerprint density at radius 1 is 1.33 bits per heavy atom. The minimum absolute atomic E-state index is 0.119. The molecule has 0 spiro atoms. The third kappa shape index (κ3) is 3.94. The SMILES string of the molecule is CCCN(CC(C)(C=O)CCC)C1CC1. The van der Waals surface area contributed by atoms with Crippen LogP contribution in [0.5, 0.6) is 0 Å². The van der Waals surface area contributed by atoms with Gasteiger partial charge in [-0.1, -0.05) is 27.2 Å².